The third-order valence-electron chi connectivity index (χ3n) is 3.67. The van der Waals surface area contributed by atoms with Gasteiger partial charge in [0.05, 0.1) is 17.6 Å². The number of aliphatic hydroxyl groups is 1. The van der Waals surface area contributed by atoms with E-state index in [9.17, 15) is 13.5 Å². The van der Waals surface area contributed by atoms with Crippen LogP contribution in [0.2, 0.25) is 0 Å². The van der Waals surface area contributed by atoms with Crippen LogP contribution in [0, 0.1) is 0 Å². The monoisotopic (exact) mass is 315 g/mol. The number of hydrogen-bond donors (Lipinski definition) is 2. The Morgan fingerprint density at radius 2 is 2.10 bits per heavy atom. The lowest BCUT2D eigenvalue weighted by Gasteiger charge is -2.26. The second-order valence-corrected chi connectivity index (χ2v) is 6.86. The summed E-state index contributed by atoms with van der Waals surface area (Å²) in [7, 11) is -3.66. The molecule has 2 N–H and O–H groups in total. The first-order chi connectivity index (χ1) is 9.87. The highest BCUT2D eigenvalue weighted by molar-refractivity contribution is 7.89. The Labute approximate surface area is 125 Å². The van der Waals surface area contributed by atoms with E-state index in [1.165, 1.54) is 12.1 Å². The van der Waals surface area contributed by atoms with E-state index < -0.39 is 15.6 Å². The van der Waals surface area contributed by atoms with Crippen LogP contribution < -0.4 is 9.46 Å². The van der Waals surface area contributed by atoms with Gasteiger partial charge in [-0.3, -0.25) is 0 Å². The highest BCUT2D eigenvalue weighted by atomic mass is 32.2. The van der Waals surface area contributed by atoms with Crippen LogP contribution in [0.3, 0.4) is 0 Å². The van der Waals surface area contributed by atoms with Gasteiger partial charge in [-0.05, 0) is 38.1 Å². The molecule has 2 atom stereocenters. The molecule has 0 spiro atoms. The summed E-state index contributed by atoms with van der Waals surface area (Å²) in [5.41, 5.74) is -1.15. The van der Waals surface area contributed by atoms with Gasteiger partial charge in [0, 0.05) is 19.6 Å². The first-order valence-corrected chi connectivity index (χ1v) is 8.42. The lowest BCUT2D eigenvalue weighted by atomic mass is 9.97. The third kappa shape index (κ3) is 3.74. The number of ether oxygens (including phenoxy) is 2. The van der Waals surface area contributed by atoms with Crippen LogP contribution in [0.1, 0.15) is 20.3 Å². The summed E-state index contributed by atoms with van der Waals surface area (Å²) in [6.45, 7) is 4.48. The van der Waals surface area contributed by atoms with E-state index in [4.69, 9.17) is 9.47 Å². The van der Waals surface area contributed by atoms with Crippen molar-refractivity contribution in [1.82, 2.24) is 4.72 Å². The third-order valence-corrected chi connectivity index (χ3v) is 5.09. The second kappa shape index (κ2) is 6.31. The molecule has 1 aromatic rings. The minimum atomic E-state index is -3.66. The van der Waals surface area contributed by atoms with Crippen LogP contribution in [-0.2, 0) is 14.8 Å². The molecule has 7 heteroatoms. The lowest BCUT2D eigenvalue weighted by Crippen LogP contribution is -2.47. The molecular weight excluding hydrogens is 294 g/mol. The average Bonchev–Trinajstić information content (AvgIpc) is 2.78. The Bertz CT molecular complexity index is 572. The summed E-state index contributed by atoms with van der Waals surface area (Å²) in [5.74, 6) is 0.618. The summed E-state index contributed by atoms with van der Waals surface area (Å²) in [6, 6.07) is 6.17. The molecular formula is C14H21NO5S. The van der Waals surface area contributed by atoms with E-state index in [1.807, 2.05) is 6.92 Å². The fourth-order valence-corrected chi connectivity index (χ4v) is 3.29. The molecule has 0 aromatic heterocycles. The first-order valence-electron chi connectivity index (χ1n) is 6.94. The Morgan fingerprint density at radius 3 is 2.62 bits per heavy atom. The van der Waals surface area contributed by atoms with Crippen molar-refractivity contribution >= 4 is 10.0 Å². The maximum atomic E-state index is 12.2. The predicted molar refractivity (Wildman–Crippen MR) is 77.8 cm³/mol. The van der Waals surface area contributed by atoms with Gasteiger partial charge in [0.15, 0.2) is 0 Å². The smallest absolute Gasteiger partial charge is 0.240 e. The summed E-state index contributed by atoms with van der Waals surface area (Å²) < 4.78 is 37.4. The van der Waals surface area contributed by atoms with E-state index in [0.29, 0.717) is 25.4 Å². The van der Waals surface area contributed by atoms with Crippen molar-refractivity contribution in [3.05, 3.63) is 24.3 Å². The topological polar surface area (TPSA) is 84.9 Å². The van der Waals surface area contributed by atoms with Crippen molar-refractivity contribution in [2.24, 2.45) is 0 Å². The van der Waals surface area contributed by atoms with Crippen LogP contribution in [-0.4, -0.2) is 45.0 Å². The SMILES string of the molecule is CCOc1ccc(S(=O)(=O)NCC2(O)CCOC2C)cc1. The molecule has 118 valence electrons. The Hall–Kier alpha value is -1.15. The standard InChI is InChI=1S/C14H21NO5S/c1-3-19-12-4-6-13(7-5-12)21(17,18)15-10-14(16)8-9-20-11(14)2/h4-7,11,15-16H,3,8-10H2,1-2H3. The minimum Gasteiger partial charge on any atom is -0.494 e. The molecule has 1 fully saturated rings. The zero-order chi connectivity index (χ0) is 15.5. The molecule has 0 bridgehead atoms. The van der Waals surface area contributed by atoms with Gasteiger partial charge in [0.25, 0.3) is 0 Å². The molecule has 0 aliphatic carbocycles. The van der Waals surface area contributed by atoms with E-state index in [2.05, 4.69) is 4.72 Å². The van der Waals surface area contributed by atoms with Gasteiger partial charge < -0.3 is 14.6 Å². The predicted octanol–water partition coefficient (Wildman–Crippen LogP) is 0.903. The van der Waals surface area contributed by atoms with Crippen molar-refractivity contribution < 1.29 is 23.0 Å². The molecule has 2 rings (SSSR count). The Morgan fingerprint density at radius 1 is 1.43 bits per heavy atom. The highest BCUT2D eigenvalue weighted by Gasteiger charge is 2.40. The van der Waals surface area contributed by atoms with Crippen molar-refractivity contribution in [2.75, 3.05) is 19.8 Å². The van der Waals surface area contributed by atoms with Crippen molar-refractivity contribution in [2.45, 2.75) is 36.9 Å². The fourth-order valence-electron chi connectivity index (χ4n) is 2.19. The highest BCUT2D eigenvalue weighted by Crippen LogP contribution is 2.25. The van der Waals surface area contributed by atoms with Crippen LogP contribution >= 0.6 is 0 Å². The van der Waals surface area contributed by atoms with E-state index in [0.717, 1.165) is 0 Å². The average molecular weight is 315 g/mol. The maximum Gasteiger partial charge on any atom is 0.240 e. The first kappa shape index (κ1) is 16.2. The summed E-state index contributed by atoms with van der Waals surface area (Å²) in [6.07, 6.45) is 0.0282. The number of benzene rings is 1. The molecule has 21 heavy (non-hydrogen) atoms. The van der Waals surface area contributed by atoms with Crippen LogP contribution in [0.15, 0.2) is 29.2 Å². The van der Waals surface area contributed by atoms with Gasteiger partial charge in [-0.15, -0.1) is 0 Å². The fraction of sp³-hybridized carbons (Fsp3) is 0.571. The van der Waals surface area contributed by atoms with Crippen molar-refractivity contribution in [3.63, 3.8) is 0 Å². The van der Waals surface area contributed by atoms with E-state index in [1.54, 1.807) is 19.1 Å². The van der Waals surface area contributed by atoms with Crippen molar-refractivity contribution in [3.8, 4) is 5.75 Å². The lowest BCUT2D eigenvalue weighted by molar-refractivity contribution is -0.0228. The van der Waals surface area contributed by atoms with Gasteiger partial charge in [-0.1, -0.05) is 0 Å². The van der Waals surface area contributed by atoms with Gasteiger partial charge in [-0.25, -0.2) is 13.1 Å². The minimum absolute atomic E-state index is 0.0658. The van der Waals surface area contributed by atoms with Crippen molar-refractivity contribution in [1.29, 1.82) is 0 Å². The molecule has 6 nitrogen and oxygen atoms in total. The van der Waals surface area contributed by atoms with Crippen LogP contribution in [0.5, 0.6) is 5.75 Å². The molecule has 1 heterocycles. The molecule has 0 amide bonds. The maximum absolute atomic E-state index is 12.2. The molecule has 1 aliphatic heterocycles. The zero-order valence-electron chi connectivity index (χ0n) is 12.2. The quantitative estimate of drug-likeness (QED) is 0.815. The van der Waals surface area contributed by atoms with Gasteiger partial charge in [0.2, 0.25) is 10.0 Å². The molecule has 1 aromatic carbocycles. The zero-order valence-corrected chi connectivity index (χ0v) is 13.0. The molecule has 1 saturated heterocycles. The van der Waals surface area contributed by atoms with Gasteiger partial charge >= 0.3 is 0 Å². The molecule has 1 aliphatic rings. The number of rotatable bonds is 6. The molecule has 2 unspecified atom stereocenters. The second-order valence-electron chi connectivity index (χ2n) is 5.10. The van der Waals surface area contributed by atoms with Gasteiger partial charge in [0.1, 0.15) is 11.4 Å². The Kier molecular flexibility index (Phi) is 4.88. The van der Waals surface area contributed by atoms with Crippen LogP contribution in [0.4, 0.5) is 0 Å². The molecule has 0 radical (unpaired) electrons. The molecule has 0 saturated carbocycles. The van der Waals surface area contributed by atoms with Crippen LogP contribution in [0.25, 0.3) is 0 Å². The number of sulfonamides is 1. The Balaban J connectivity index is 2.04. The largest absolute Gasteiger partial charge is 0.494 e. The summed E-state index contributed by atoms with van der Waals surface area (Å²) >= 11 is 0. The van der Waals surface area contributed by atoms with E-state index in [-0.39, 0.29) is 17.5 Å². The van der Waals surface area contributed by atoms with Gasteiger partial charge in [-0.2, -0.15) is 0 Å². The summed E-state index contributed by atoms with van der Waals surface area (Å²) in [4.78, 5) is 0.140. The van der Waals surface area contributed by atoms with E-state index >= 15 is 0 Å². The number of nitrogens with one attached hydrogen (secondary N) is 1. The summed E-state index contributed by atoms with van der Waals surface area (Å²) in [5, 5.41) is 10.3. The normalized spacial score (nSPS) is 26.0. The number of hydrogen-bond acceptors (Lipinski definition) is 5.